The second-order valence-corrected chi connectivity index (χ2v) is 5.04. The normalized spacial score (nSPS) is 14.1. The molecule has 1 aromatic carbocycles. The van der Waals surface area contributed by atoms with Gasteiger partial charge < -0.3 is 11.1 Å². The average molecular weight is 274 g/mol. The molecule has 4 heteroatoms. The predicted octanol–water partition coefficient (Wildman–Crippen LogP) is 2.06. The van der Waals surface area contributed by atoms with Gasteiger partial charge in [0.25, 0.3) is 5.91 Å². The molecule has 1 fully saturated rings. The molecular weight excluding hydrogens is 255 g/mol. The van der Waals surface area contributed by atoms with Crippen molar-refractivity contribution in [1.82, 2.24) is 5.32 Å². The summed E-state index contributed by atoms with van der Waals surface area (Å²) in [5.74, 6) is 5.51. The molecular formula is C16H19FN2O. The van der Waals surface area contributed by atoms with Crippen molar-refractivity contribution in [3.63, 3.8) is 0 Å². The molecule has 1 saturated carbocycles. The third-order valence-electron chi connectivity index (χ3n) is 3.61. The van der Waals surface area contributed by atoms with Crippen LogP contribution in [0.1, 0.15) is 41.6 Å². The predicted molar refractivity (Wildman–Crippen MR) is 76.6 cm³/mol. The summed E-state index contributed by atoms with van der Waals surface area (Å²) >= 11 is 0. The minimum atomic E-state index is -0.438. The Labute approximate surface area is 118 Å². The van der Waals surface area contributed by atoms with Crippen molar-refractivity contribution >= 4 is 5.91 Å². The lowest BCUT2D eigenvalue weighted by molar-refractivity contribution is 0.0948. The Morgan fingerprint density at radius 1 is 1.45 bits per heavy atom. The number of benzene rings is 1. The van der Waals surface area contributed by atoms with Crippen LogP contribution in [0.2, 0.25) is 0 Å². The molecule has 0 unspecified atom stereocenters. The van der Waals surface area contributed by atoms with Gasteiger partial charge >= 0.3 is 0 Å². The molecule has 0 spiro atoms. The van der Waals surface area contributed by atoms with E-state index in [4.69, 9.17) is 5.73 Å². The molecule has 0 aromatic heterocycles. The van der Waals surface area contributed by atoms with Gasteiger partial charge in [-0.15, -0.1) is 0 Å². The highest BCUT2D eigenvalue weighted by Gasteiger charge is 2.17. The van der Waals surface area contributed by atoms with E-state index in [1.54, 1.807) is 0 Å². The SMILES string of the molecule is NCC#Cc1ccc(F)cc1C(=O)NCCC1CCC1. The Kier molecular flexibility index (Phi) is 5.14. The van der Waals surface area contributed by atoms with E-state index in [9.17, 15) is 9.18 Å². The highest BCUT2D eigenvalue weighted by atomic mass is 19.1. The van der Waals surface area contributed by atoms with Gasteiger partial charge in [-0.3, -0.25) is 4.79 Å². The lowest BCUT2D eigenvalue weighted by atomic mass is 9.83. The van der Waals surface area contributed by atoms with Crippen LogP contribution in [0.4, 0.5) is 4.39 Å². The van der Waals surface area contributed by atoms with Gasteiger partial charge in [-0.25, -0.2) is 4.39 Å². The topological polar surface area (TPSA) is 55.1 Å². The Bertz CT molecular complexity index is 541. The van der Waals surface area contributed by atoms with Crippen molar-refractivity contribution in [2.45, 2.75) is 25.7 Å². The number of halogens is 1. The fraction of sp³-hybridized carbons (Fsp3) is 0.438. The van der Waals surface area contributed by atoms with E-state index >= 15 is 0 Å². The van der Waals surface area contributed by atoms with Gasteiger partial charge in [0.1, 0.15) is 5.82 Å². The van der Waals surface area contributed by atoms with Crippen LogP contribution < -0.4 is 11.1 Å². The Hall–Kier alpha value is -1.86. The molecule has 20 heavy (non-hydrogen) atoms. The molecule has 3 N–H and O–H groups in total. The fourth-order valence-corrected chi connectivity index (χ4v) is 2.23. The summed E-state index contributed by atoms with van der Waals surface area (Å²) in [6.07, 6.45) is 4.79. The van der Waals surface area contributed by atoms with Gasteiger partial charge in [0.05, 0.1) is 12.1 Å². The van der Waals surface area contributed by atoms with Crippen LogP contribution in [0.15, 0.2) is 18.2 Å². The molecule has 1 aliphatic carbocycles. The first-order valence-electron chi connectivity index (χ1n) is 6.97. The molecule has 106 valence electrons. The number of rotatable bonds is 4. The minimum Gasteiger partial charge on any atom is -0.352 e. The van der Waals surface area contributed by atoms with Crippen molar-refractivity contribution < 1.29 is 9.18 Å². The lowest BCUT2D eigenvalue weighted by Crippen LogP contribution is -2.28. The number of nitrogens with two attached hydrogens (primary N) is 1. The molecule has 1 amide bonds. The second kappa shape index (κ2) is 7.06. The van der Waals surface area contributed by atoms with Crippen molar-refractivity contribution in [3.05, 3.63) is 35.1 Å². The first kappa shape index (κ1) is 14.5. The number of carbonyl (C=O) groups excluding carboxylic acids is 1. The zero-order valence-corrected chi connectivity index (χ0v) is 11.4. The van der Waals surface area contributed by atoms with Crippen molar-refractivity contribution in [2.75, 3.05) is 13.1 Å². The third-order valence-corrected chi connectivity index (χ3v) is 3.61. The van der Waals surface area contributed by atoms with E-state index in [-0.39, 0.29) is 18.0 Å². The summed E-state index contributed by atoms with van der Waals surface area (Å²) in [5, 5.41) is 2.84. The van der Waals surface area contributed by atoms with Crippen LogP contribution in [0.3, 0.4) is 0 Å². The van der Waals surface area contributed by atoms with Gasteiger partial charge in [-0.1, -0.05) is 31.1 Å². The zero-order valence-electron chi connectivity index (χ0n) is 11.4. The van der Waals surface area contributed by atoms with Crippen molar-refractivity contribution in [1.29, 1.82) is 0 Å². The van der Waals surface area contributed by atoms with Crippen LogP contribution >= 0.6 is 0 Å². The maximum atomic E-state index is 13.3. The molecule has 3 nitrogen and oxygen atoms in total. The zero-order chi connectivity index (χ0) is 14.4. The largest absolute Gasteiger partial charge is 0.352 e. The minimum absolute atomic E-state index is 0.208. The quantitative estimate of drug-likeness (QED) is 0.826. The van der Waals surface area contributed by atoms with Gasteiger partial charge in [-0.05, 0) is 30.5 Å². The highest BCUT2D eigenvalue weighted by Crippen LogP contribution is 2.28. The monoisotopic (exact) mass is 274 g/mol. The van der Waals surface area contributed by atoms with Crippen LogP contribution in [0.5, 0.6) is 0 Å². The summed E-state index contributed by atoms with van der Waals surface area (Å²) in [6, 6.07) is 4.03. The summed E-state index contributed by atoms with van der Waals surface area (Å²) in [5.41, 5.74) is 6.11. The van der Waals surface area contributed by atoms with Crippen molar-refractivity contribution in [3.8, 4) is 11.8 Å². The van der Waals surface area contributed by atoms with Crippen LogP contribution in [-0.4, -0.2) is 19.0 Å². The average Bonchev–Trinajstić information content (AvgIpc) is 2.40. The number of hydrogen-bond donors (Lipinski definition) is 2. The van der Waals surface area contributed by atoms with Gasteiger partial charge in [-0.2, -0.15) is 0 Å². The van der Waals surface area contributed by atoms with Gasteiger partial charge in [0.2, 0.25) is 0 Å². The Balaban J connectivity index is 2.00. The highest BCUT2D eigenvalue weighted by molar-refractivity contribution is 5.96. The second-order valence-electron chi connectivity index (χ2n) is 5.04. The van der Waals surface area contributed by atoms with Crippen LogP contribution in [-0.2, 0) is 0 Å². The maximum absolute atomic E-state index is 13.3. The maximum Gasteiger partial charge on any atom is 0.252 e. The molecule has 0 aliphatic heterocycles. The molecule has 0 saturated heterocycles. The lowest BCUT2D eigenvalue weighted by Gasteiger charge is -2.25. The van der Waals surface area contributed by atoms with Crippen LogP contribution in [0.25, 0.3) is 0 Å². The molecule has 0 heterocycles. The first-order valence-corrected chi connectivity index (χ1v) is 6.97. The molecule has 0 bridgehead atoms. The Morgan fingerprint density at radius 3 is 2.90 bits per heavy atom. The van der Waals surface area contributed by atoms with E-state index in [0.29, 0.717) is 12.1 Å². The number of nitrogens with one attached hydrogen (secondary N) is 1. The third kappa shape index (κ3) is 3.82. The summed E-state index contributed by atoms with van der Waals surface area (Å²) < 4.78 is 13.3. The van der Waals surface area contributed by atoms with E-state index in [1.165, 1.54) is 37.5 Å². The number of hydrogen-bond acceptors (Lipinski definition) is 2. The van der Waals surface area contributed by atoms with Gasteiger partial charge in [0, 0.05) is 12.1 Å². The van der Waals surface area contributed by atoms with E-state index in [2.05, 4.69) is 17.2 Å². The first-order chi connectivity index (χ1) is 9.70. The molecule has 1 aromatic rings. The summed E-state index contributed by atoms with van der Waals surface area (Å²) in [4.78, 5) is 12.1. The summed E-state index contributed by atoms with van der Waals surface area (Å²) in [7, 11) is 0. The molecule has 0 radical (unpaired) electrons. The van der Waals surface area contributed by atoms with Crippen molar-refractivity contribution in [2.24, 2.45) is 11.7 Å². The smallest absolute Gasteiger partial charge is 0.252 e. The van der Waals surface area contributed by atoms with E-state index in [1.807, 2.05) is 0 Å². The molecule has 2 rings (SSSR count). The standard InChI is InChI=1S/C16H19FN2O/c17-14-7-6-13(5-2-9-18)15(11-14)16(20)19-10-8-12-3-1-4-12/h6-7,11-12H,1,3-4,8-10,18H2,(H,19,20). The fourth-order valence-electron chi connectivity index (χ4n) is 2.23. The molecule has 1 aliphatic rings. The number of amides is 1. The Morgan fingerprint density at radius 2 is 2.25 bits per heavy atom. The van der Waals surface area contributed by atoms with Crippen LogP contribution in [0, 0.1) is 23.6 Å². The van der Waals surface area contributed by atoms with E-state index in [0.717, 1.165) is 12.3 Å². The van der Waals surface area contributed by atoms with Gasteiger partial charge in [0.15, 0.2) is 0 Å². The van der Waals surface area contributed by atoms with E-state index < -0.39 is 5.82 Å². The number of carbonyl (C=O) groups is 1. The summed E-state index contributed by atoms with van der Waals surface area (Å²) in [6.45, 7) is 0.837. The molecule has 0 atom stereocenters.